The molecule has 0 bridgehead atoms. The van der Waals surface area contributed by atoms with Gasteiger partial charge in [0, 0.05) is 26.1 Å². The molecule has 1 aliphatic rings. The van der Waals surface area contributed by atoms with Crippen LogP contribution in [0.3, 0.4) is 0 Å². The maximum absolute atomic E-state index is 12.4. The van der Waals surface area contributed by atoms with Crippen LogP contribution < -0.4 is 15.0 Å². The molecule has 9 nitrogen and oxygen atoms in total. The van der Waals surface area contributed by atoms with Crippen LogP contribution in [0.5, 0.6) is 5.88 Å². The molecule has 25 heavy (non-hydrogen) atoms. The average Bonchev–Trinajstić information content (AvgIpc) is 2.52. The first-order chi connectivity index (χ1) is 11.7. The number of hydrogen-bond donors (Lipinski definition) is 1. The zero-order chi connectivity index (χ0) is 18.6. The van der Waals surface area contributed by atoms with E-state index in [-0.39, 0.29) is 24.6 Å². The van der Waals surface area contributed by atoms with Crippen molar-refractivity contribution < 1.29 is 32.4 Å². The van der Waals surface area contributed by atoms with Crippen molar-refractivity contribution in [2.75, 3.05) is 43.1 Å². The van der Waals surface area contributed by atoms with E-state index in [0.29, 0.717) is 13.2 Å². The minimum atomic E-state index is -4.63. The van der Waals surface area contributed by atoms with Crippen LogP contribution >= 0.6 is 0 Å². The van der Waals surface area contributed by atoms with Gasteiger partial charge in [-0.3, -0.25) is 14.9 Å². The molecule has 138 valence electrons. The average molecular weight is 364 g/mol. The third-order valence-corrected chi connectivity index (χ3v) is 3.14. The molecule has 1 fully saturated rings. The fraction of sp³-hybridized carbons (Fsp3) is 0.538. The Kier molecular flexibility index (Phi) is 5.62. The Labute approximate surface area is 139 Å². The summed E-state index contributed by atoms with van der Waals surface area (Å²) in [5, 5.41) is 13.5. The lowest BCUT2D eigenvalue weighted by molar-refractivity contribution is -0.384. The highest BCUT2D eigenvalue weighted by Crippen LogP contribution is 2.36. The maximum atomic E-state index is 12.4. The van der Waals surface area contributed by atoms with E-state index in [1.165, 1.54) is 4.90 Å². The molecule has 12 heteroatoms. The van der Waals surface area contributed by atoms with Gasteiger partial charge in [-0.15, -0.1) is 0 Å². The van der Waals surface area contributed by atoms with Crippen LogP contribution in [-0.2, 0) is 9.53 Å². The number of anilines is 2. The number of halogens is 3. The molecule has 0 unspecified atom stereocenters. The smallest absolute Gasteiger partial charge is 0.422 e. The van der Waals surface area contributed by atoms with Gasteiger partial charge in [-0.05, 0) is 0 Å². The van der Waals surface area contributed by atoms with Crippen molar-refractivity contribution in [3.8, 4) is 5.88 Å². The number of pyridine rings is 1. The van der Waals surface area contributed by atoms with E-state index < -0.39 is 35.2 Å². The normalized spacial score (nSPS) is 15.0. The number of carbonyl (C=O) groups excluding carboxylic acids is 1. The number of alkyl halides is 3. The first-order valence-corrected chi connectivity index (χ1v) is 7.16. The lowest BCUT2D eigenvalue weighted by atomic mass is 10.3. The van der Waals surface area contributed by atoms with Gasteiger partial charge in [-0.2, -0.15) is 18.2 Å². The van der Waals surface area contributed by atoms with Crippen LogP contribution in [0.4, 0.5) is 30.4 Å². The zero-order valence-corrected chi connectivity index (χ0v) is 13.1. The summed E-state index contributed by atoms with van der Waals surface area (Å²) in [5.41, 5.74) is -0.759. The molecule has 0 aliphatic carbocycles. The molecule has 2 heterocycles. The van der Waals surface area contributed by atoms with Gasteiger partial charge in [0.05, 0.1) is 18.1 Å². The molecule has 0 saturated carbocycles. The monoisotopic (exact) mass is 364 g/mol. The Balaban J connectivity index is 2.45. The molecular formula is C13H15F3N4O5. The first kappa shape index (κ1) is 18.7. The van der Waals surface area contributed by atoms with E-state index in [1.807, 2.05) is 0 Å². The van der Waals surface area contributed by atoms with Gasteiger partial charge in [-0.25, -0.2) is 0 Å². The maximum Gasteiger partial charge on any atom is 0.422 e. The van der Waals surface area contributed by atoms with Crippen molar-refractivity contribution in [3.05, 3.63) is 16.2 Å². The van der Waals surface area contributed by atoms with Gasteiger partial charge < -0.3 is 19.7 Å². The number of nitro groups is 1. The van der Waals surface area contributed by atoms with Gasteiger partial charge in [0.2, 0.25) is 17.6 Å². The van der Waals surface area contributed by atoms with E-state index in [0.717, 1.165) is 13.0 Å². The van der Waals surface area contributed by atoms with Crippen molar-refractivity contribution >= 4 is 23.1 Å². The Morgan fingerprint density at radius 2 is 2.12 bits per heavy atom. The van der Waals surface area contributed by atoms with E-state index in [9.17, 15) is 28.1 Å². The second-order valence-electron chi connectivity index (χ2n) is 5.13. The van der Waals surface area contributed by atoms with Gasteiger partial charge >= 0.3 is 11.9 Å². The minimum Gasteiger partial charge on any atom is -0.466 e. The fourth-order valence-corrected chi connectivity index (χ4v) is 2.16. The number of rotatable bonds is 5. The largest absolute Gasteiger partial charge is 0.466 e. The summed E-state index contributed by atoms with van der Waals surface area (Å²) in [6.07, 6.45) is -4.63. The van der Waals surface area contributed by atoms with Crippen molar-refractivity contribution in [1.82, 2.24) is 4.98 Å². The summed E-state index contributed by atoms with van der Waals surface area (Å²) in [7, 11) is 0. The zero-order valence-electron chi connectivity index (χ0n) is 13.1. The van der Waals surface area contributed by atoms with Gasteiger partial charge in [0.1, 0.15) is 5.69 Å². The number of nitrogens with one attached hydrogen (secondary N) is 1. The van der Waals surface area contributed by atoms with E-state index >= 15 is 0 Å². The summed E-state index contributed by atoms with van der Waals surface area (Å²) in [6, 6.07) is 0.935. The summed E-state index contributed by atoms with van der Waals surface area (Å²) in [5.74, 6) is -1.31. The molecule has 0 atom stereocenters. The number of ether oxygens (including phenoxy) is 2. The van der Waals surface area contributed by atoms with Gasteiger partial charge in [-0.1, -0.05) is 0 Å². The number of nitrogens with zero attached hydrogens (tertiary/aromatic N) is 3. The molecule has 1 aliphatic heterocycles. The molecule has 0 radical (unpaired) electrons. The highest BCUT2D eigenvalue weighted by Gasteiger charge is 2.31. The summed E-state index contributed by atoms with van der Waals surface area (Å²) >= 11 is 0. The van der Waals surface area contributed by atoms with Crippen LogP contribution in [0.1, 0.15) is 6.92 Å². The Morgan fingerprint density at radius 1 is 1.48 bits per heavy atom. The van der Waals surface area contributed by atoms with Crippen LogP contribution in [0.25, 0.3) is 0 Å². The number of aromatic nitrogens is 1. The summed E-state index contributed by atoms with van der Waals surface area (Å²) in [4.78, 5) is 27.2. The lowest BCUT2D eigenvalue weighted by Gasteiger charge is -2.28. The number of morpholine rings is 1. The minimum absolute atomic E-state index is 0.139. The van der Waals surface area contributed by atoms with Crippen LogP contribution in [-0.4, -0.2) is 54.9 Å². The van der Waals surface area contributed by atoms with Crippen molar-refractivity contribution in [3.63, 3.8) is 0 Å². The van der Waals surface area contributed by atoms with Crippen LogP contribution in [0, 0.1) is 10.1 Å². The Hall–Kier alpha value is -2.63. The predicted octanol–water partition coefficient (Wildman–Crippen LogP) is 1.73. The fourth-order valence-electron chi connectivity index (χ4n) is 2.16. The topological polar surface area (TPSA) is 107 Å². The summed E-state index contributed by atoms with van der Waals surface area (Å²) in [6.45, 7) is 0.621. The highest BCUT2D eigenvalue weighted by atomic mass is 19.4. The van der Waals surface area contributed by atoms with E-state index in [4.69, 9.17) is 4.74 Å². The van der Waals surface area contributed by atoms with Gasteiger partial charge in [0.15, 0.2) is 6.61 Å². The Bertz CT molecular complexity index is 662. The second-order valence-corrected chi connectivity index (χ2v) is 5.13. The quantitative estimate of drug-likeness (QED) is 0.626. The number of amides is 1. The molecule has 1 aromatic rings. The van der Waals surface area contributed by atoms with Crippen LogP contribution in [0.15, 0.2) is 6.07 Å². The van der Waals surface area contributed by atoms with Crippen molar-refractivity contribution in [2.24, 2.45) is 0 Å². The molecule has 0 spiro atoms. The molecule has 1 amide bonds. The molecule has 0 aromatic carbocycles. The van der Waals surface area contributed by atoms with Crippen molar-refractivity contribution in [1.29, 1.82) is 0 Å². The third-order valence-electron chi connectivity index (χ3n) is 3.14. The SMILES string of the molecule is CC(=O)Nc1cc([N+](=O)[O-])c(N2CCOCC2)nc1OCC(F)(F)F. The molecule has 1 aromatic heterocycles. The molecule has 2 rings (SSSR count). The lowest BCUT2D eigenvalue weighted by Crippen LogP contribution is -2.37. The summed E-state index contributed by atoms with van der Waals surface area (Å²) < 4.78 is 47.1. The molecular weight excluding hydrogens is 349 g/mol. The molecule has 1 N–H and O–H groups in total. The second kappa shape index (κ2) is 7.51. The molecule has 1 saturated heterocycles. The standard InChI is InChI=1S/C13H15F3N4O5/c1-8(21)17-9-6-10(20(22)23)11(19-2-4-24-5-3-19)18-12(9)25-7-13(14,15)16/h6H,2-5,7H2,1H3,(H,17,21). The van der Waals surface area contributed by atoms with Crippen LogP contribution in [0.2, 0.25) is 0 Å². The third kappa shape index (κ3) is 5.17. The Morgan fingerprint density at radius 3 is 2.64 bits per heavy atom. The first-order valence-electron chi connectivity index (χ1n) is 7.16. The van der Waals surface area contributed by atoms with Crippen molar-refractivity contribution in [2.45, 2.75) is 13.1 Å². The number of carbonyl (C=O) groups is 1. The predicted molar refractivity (Wildman–Crippen MR) is 79.8 cm³/mol. The number of hydrogen-bond acceptors (Lipinski definition) is 7. The van der Waals surface area contributed by atoms with E-state index in [1.54, 1.807) is 0 Å². The van der Waals surface area contributed by atoms with E-state index in [2.05, 4.69) is 15.0 Å². The highest BCUT2D eigenvalue weighted by molar-refractivity contribution is 5.91. The van der Waals surface area contributed by atoms with Gasteiger partial charge in [0.25, 0.3) is 0 Å².